The fraction of sp³-hybridized carbons (Fsp3) is 0.320. The van der Waals surface area contributed by atoms with E-state index < -0.39 is 6.10 Å². The van der Waals surface area contributed by atoms with E-state index >= 15 is 0 Å². The van der Waals surface area contributed by atoms with Gasteiger partial charge < -0.3 is 9.64 Å². The number of aromatic nitrogens is 2. The number of amides is 2. The lowest BCUT2D eigenvalue weighted by molar-refractivity contribution is -0.135. The van der Waals surface area contributed by atoms with Gasteiger partial charge in [0.1, 0.15) is 11.6 Å². The highest BCUT2D eigenvalue weighted by atomic mass is 19.1. The summed E-state index contributed by atoms with van der Waals surface area (Å²) in [7, 11) is 3.33. The van der Waals surface area contributed by atoms with Crippen LogP contribution in [0.15, 0.2) is 48.5 Å². The maximum atomic E-state index is 13.9. The number of rotatable bonds is 3. The van der Waals surface area contributed by atoms with Crippen LogP contribution in [0.1, 0.15) is 34.6 Å². The molecule has 0 bridgehead atoms. The Morgan fingerprint density at radius 3 is 2.55 bits per heavy atom. The molecule has 3 aromatic rings. The van der Waals surface area contributed by atoms with Gasteiger partial charge in [-0.25, -0.2) is 9.07 Å². The van der Waals surface area contributed by atoms with E-state index in [1.54, 1.807) is 41.9 Å². The Morgan fingerprint density at radius 1 is 1.06 bits per heavy atom. The third-order valence-corrected chi connectivity index (χ3v) is 6.19. The molecule has 2 amide bonds. The van der Waals surface area contributed by atoms with Gasteiger partial charge in [0.25, 0.3) is 11.8 Å². The second kappa shape index (κ2) is 8.35. The largest absolute Gasteiger partial charge is 0.476 e. The van der Waals surface area contributed by atoms with Gasteiger partial charge in [0, 0.05) is 25.4 Å². The fourth-order valence-electron chi connectivity index (χ4n) is 4.54. The highest BCUT2D eigenvalue weighted by Gasteiger charge is 2.37. The molecule has 0 N–H and O–H groups in total. The Balaban J connectivity index is 1.57. The van der Waals surface area contributed by atoms with Crippen LogP contribution in [0.5, 0.6) is 5.75 Å². The number of hydrogen-bond donors (Lipinski definition) is 0. The highest BCUT2D eigenvalue weighted by Crippen LogP contribution is 2.36. The summed E-state index contributed by atoms with van der Waals surface area (Å²) in [5.41, 5.74) is 3.62. The Kier molecular flexibility index (Phi) is 5.36. The summed E-state index contributed by atoms with van der Waals surface area (Å²) in [4.78, 5) is 29.6. The van der Waals surface area contributed by atoms with E-state index in [0.29, 0.717) is 17.1 Å². The van der Waals surface area contributed by atoms with Crippen LogP contribution in [0.3, 0.4) is 0 Å². The number of para-hydroxylation sites is 2. The summed E-state index contributed by atoms with van der Waals surface area (Å²) in [6, 6.07) is 13.3. The van der Waals surface area contributed by atoms with E-state index in [1.165, 1.54) is 17.0 Å². The maximum absolute atomic E-state index is 13.9. The van der Waals surface area contributed by atoms with E-state index in [2.05, 4.69) is 0 Å². The highest BCUT2D eigenvalue weighted by molar-refractivity contribution is 6.07. The topological polar surface area (TPSA) is 67.7 Å². The Morgan fingerprint density at radius 2 is 1.79 bits per heavy atom. The minimum Gasteiger partial charge on any atom is -0.476 e. The number of likely N-dealkylation sites (N-methyl/N-ethyl adjacent to an activating group) is 1. The molecule has 1 aliphatic heterocycles. The maximum Gasteiger partial charge on any atom is 0.279 e. The van der Waals surface area contributed by atoms with Crippen LogP contribution < -0.4 is 9.64 Å². The second-order valence-corrected chi connectivity index (χ2v) is 8.59. The van der Waals surface area contributed by atoms with Gasteiger partial charge in [-0.05, 0) is 62.1 Å². The van der Waals surface area contributed by atoms with Crippen LogP contribution in [-0.2, 0) is 17.6 Å². The summed E-state index contributed by atoms with van der Waals surface area (Å²) < 4.78 is 21.2. The van der Waals surface area contributed by atoms with Crippen molar-refractivity contribution in [3.63, 3.8) is 0 Å². The van der Waals surface area contributed by atoms with Gasteiger partial charge in [0.15, 0.2) is 11.8 Å². The zero-order valence-electron chi connectivity index (χ0n) is 18.6. The first-order chi connectivity index (χ1) is 15.9. The third kappa shape index (κ3) is 3.75. The summed E-state index contributed by atoms with van der Waals surface area (Å²) in [6.07, 6.45) is 2.74. The van der Waals surface area contributed by atoms with Gasteiger partial charge >= 0.3 is 0 Å². The molecule has 1 aliphatic carbocycles. The van der Waals surface area contributed by atoms with Gasteiger partial charge in [0.2, 0.25) is 0 Å². The Labute approximate surface area is 191 Å². The van der Waals surface area contributed by atoms with Gasteiger partial charge in [0.05, 0.1) is 17.9 Å². The number of anilines is 1. The molecule has 1 unspecified atom stereocenters. The fourth-order valence-corrected chi connectivity index (χ4v) is 4.54. The van der Waals surface area contributed by atoms with Gasteiger partial charge in [-0.15, -0.1) is 0 Å². The van der Waals surface area contributed by atoms with Crippen LogP contribution in [0, 0.1) is 5.82 Å². The SMILES string of the molecule is CN(C)C(=O)C1CN(C(=O)c2nn(-c3ccc(F)cc3)c3c2CCCC3)c2ccccc2O1. The monoisotopic (exact) mass is 448 g/mol. The van der Waals surface area contributed by atoms with E-state index in [0.717, 1.165) is 42.6 Å². The molecule has 7 nitrogen and oxygen atoms in total. The molecule has 0 saturated heterocycles. The van der Waals surface area contributed by atoms with Gasteiger partial charge in [-0.3, -0.25) is 14.5 Å². The lowest BCUT2D eigenvalue weighted by Gasteiger charge is -2.35. The summed E-state index contributed by atoms with van der Waals surface area (Å²) in [5, 5.41) is 4.71. The molecule has 1 aromatic heterocycles. The van der Waals surface area contributed by atoms with Gasteiger partial charge in [-0.2, -0.15) is 5.10 Å². The predicted molar refractivity (Wildman–Crippen MR) is 121 cm³/mol. The molecule has 0 saturated carbocycles. The molecule has 0 radical (unpaired) electrons. The predicted octanol–water partition coefficient (Wildman–Crippen LogP) is 3.39. The van der Waals surface area contributed by atoms with Crippen molar-refractivity contribution in [1.82, 2.24) is 14.7 Å². The molecule has 2 aromatic carbocycles. The number of carbonyl (C=O) groups is 2. The normalized spacial score (nSPS) is 17.1. The van der Waals surface area contributed by atoms with Crippen molar-refractivity contribution in [1.29, 1.82) is 0 Å². The van der Waals surface area contributed by atoms with Gasteiger partial charge in [-0.1, -0.05) is 12.1 Å². The van der Waals surface area contributed by atoms with E-state index in [9.17, 15) is 14.0 Å². The Bertz CT molecular complexity index is 1220. The minimum absolute atomic E-state index is 0.102. The quantitative estimate of drug-likeness (QED) is 0.616. The lowest BCUT2D eigenvalue weighted by atomic mass is 9.95. The first-order valence-corrected chi connectivity index (χ1v) is 11.1. The van der Waals surface area contributed by atoms with Crippen LogP contribution >= 0.6 is 0 Å². The zero-order valence-corrected chi connectivity index (χ0v) is 18.6. The van der Waals surface area contributed by atoms with Crippen molar-refractivity contribution in [2.24, 2.45) is 0 Å². The smallest absolute Gasteiger partial charge is 0.279 e. The summed E-state index contributed by atoms with van der Waals surface area (Å²) >= 11 is 0. The molecule has 5 rings (SSSR count). The minimum atomic E-state index is -0.797. The molecular formula is C25H25FN4O3. The third-order valence-electron chi connectivity index (χ3n) is 6.19. The molecular weight excluding hydrogens is 423 g/mol. The van der Waals surface area contributed by atoms with Crippen molar-refractivity contribution in [2.45, 2.75) is 31.8 Å². The van der Waals surface area contributed by atoms with Crippen LogP contribution in [-0.4, -0.2) is 53.2 Å². The number of benzene rings is 2. The summed E-state index contributed by atoms with van der Waals surface area (Å²) in [6.45, 7) is 0.102. The standard InChI is InChI=1S/C25H25FN4O3/c1-28(2)24(31)22-15-29(20-9-5-6-10-21(20)33-22)25(32)23-18-7-3-4-8-19(18)30(27-23)17-13-11-16(26)12-14-17/h5-6,9-14,22H,3-4,7-8,15H2,1-2H3. The number of halogens is 1. The molecule has 0 fully saturated rings. The van der Waals surface area contributed by atoms with Crippen LogP contribution in [0.4, 0.5) is 10.1 Å². The molecule has 1 atom stereocenters. The van der Waals surface area contributed by atoms with Crippen molar-refractivity contribution < 1.29 is 18.7 Å². The lowest BCUT2D eigenvalue weighted by Crippen LogP contribution is -2.50. The van der Waals surface area contributed by atoms with Crippen molar-refractivity contribution in [3.05, 3.63) is 71.3 Å². The van der Waals surface area contributed by atoms with Crippen LogP contribution in [0.2, 0.25) is 0 Å². The van der Waals surface area contributed by atoms with Crippen LogP contribution in [0.25, 0.3) is 5.69 Å². The Hall–Kier alpha value is -3.68. The van der Waals surface area contributed by atoms with Crippen molar-refractivity contribution >= 4 is 17.5 Å². The average molecular weight is 448 g/mol. The first-order valence-electron chi connectivity index (χ1n) is 11.1. The number of nitrogens with zero attached hydrogens (tertiary/aromatic N) is 4. The number of hydrogen-bond acceptors (Lipinski definition) is 4. The van der Waals surface area contributed by atoms with Crippen molar-refractivity contribution in [2.75, 3.05) is 25.5 Å². The molecule has 0 spiro atoms. The van der Waals surface area contributed by atoms with E-state index in [-0.39, 0.29) is 24.2 Å². The molecule has 2 aliphatic rings. The second-order valence-electron chi connectivity index (χ2n) is 8.59. The number of ether oxygens (including phenoxy) is 1. The number of fused-ring (bicyclic) bond motifs is 2. The van der Waals surface area contributed by atoms with Crippen molar-refractivity contribution in [3.8, 4) is 11.4 Å². The first kappa shape index (κ1) is 21.2. The molecule has 170 valence electrons. The molecule has 8 heteroatoms. The summed E-state index contributed by atoms with van der Waals surface area (Å²) in [5.74, 6) is -0.302. The van der Waals surface area contributed by atoms with E-state index in [1.807, 2.05) is 18.2 Å². The zero-order chi connectivity index (χ0) is 23.1. The molecule has 2 heterocycles. The number of carbonyl (C=O) groups excluding carboxylic acids is 2. The molecule has 33 heavy (non-hydrogen) atoms. The van der Waals surface area contributed by atoms with E-state index in [4.69, 9.17) is 9.84 Å². The average Bonchev–Trinajstić information content (AvgIpc) is 3.22.